The van der Waals surface area contributed by atoms with Crippen molar-refractivity contribution in [1.82, 2.24) is 9.55 Å². The fraction of sp³-hybridized carbons (Fsp3) is 0.130. The van der Waals surface area contributed by atoms with E-state index in [1.807, 2.05) is 46.3 Å². The molecular formula is C23H18Cl2N2O3S. The van der Waals surface area contributed by atoms with E-state index in [9.17, 15) is 9.90 Å². The average Bonchev–Trinajstić information content (AvgIpc) is 3.33. The number of ether oxygens (including phenoxy) is 1. The summed E-state index contributed by atoms with van der Waals surface area (Å²) < 4.78 is 7.14. The van der Waals surface area contributed by atoms with Crippen molar-refractivity contribution in [2.45, 2.75) is 13.5 Å². The predicted octanol–water partition coefficient (Wildman–Crippen LogP) is 6.65. The van der Waals surface area contributed by atoms with Crippen molar-refractivity contribution in [3.8, 4) is 27.7 Å². The van der Waals surface area contributed by atoms with Gasteiger partial charge >= 0.3 is 5.97 Å². The summed E-state index contributed by atoms with van der Waals surface area (Å²) >= 11 is 13.8. The van der Waals surface area contributed by atoms with E-state index in [0.717, 1.165) is 27.6 Å². The van der Waals surface area contributed by atoms with E-state index >= 15 is 0 Å². The third kappa shape index (κ3) is 4.46. The highest BCUT2D eigenvalue weighted by atomic mass is 35.5. The SMILES string of the molecule is COc1ccc(-c2nc(-c3cc(C(=O)O)c(C)n3Cc3cc(Cl)cc(Cl)c3)cs2)cc1. The highest BCUT2D eigenvalue weighted by Crippen LogP contribution is 2.33. The van der Waals surface area contributed by atoms with Crippen molar-refractivity contribution in [3.63, 3.8) is 0 Å². The van der Waals surface area contributed by atoms with Gasteiger partial charge in [0.15, 0.2) is 0 Å². The molecule has 0 aliphatic carbocycles. The molecule has 4 aromatic rings. The molecule has 0 bridgehead atoms. The van der Waals surface area contributed by atoms with Gasteiger partial charge in [-0.1, -0.05) is 23.2 Å². The summed E-state index contributed by atoms with van der Waals surface area (Å²) in [7, 11) is 1.63. The minimum absolute atomic E-state index is 0.238. The van der Waals surface area contributed by atoms with E-state index in [4.69, 9.17) is 32.9 Å². The Balaban J connectivity index is 1.76. The molecular weight excluding hydrogens is 455 g/mol. The number of halogens is 2. The lowest BCUT2D eigenvalue weighted by Gasteiger charge is -2.12. The molecule has 1 N–H and O–H groups in total. The maximum Gasteiger partial charge on any atom is 0.337 e. The Morgan fingerprint density at radius 2 is 1.81 bits per heavy atom. The number of hydrogen-bond acceptors (Lipinski definition) is 4. The van der Waals surface area contributed by atoms with Crippen LogP contribution in [0.2, 0.25) is 10.0 Å². The molecule has 0 aliphatic heterocycles. The molecule has 0 aliphatic rings. The summed E-state index contributed by atoms with van der Waals surface area (Å²) in [5, 5.41) is 13.5. The first-order chi connectivity index (χ1) is 14.9. The minimum Gasteiger partial charge on any atom is -0.497 e. The number of carboxylic acids is 1. The number of carboxylic acid groups (broad SMARTS) is 1. The first kappa shape index (κ1) is 21.4. The number of carbonyl (C=O) groups is 1. The zero-order valence-electron chi connectivity index (χ0n) is 16.7. The molecule has 0 amide bonds. The van der Waals surface area contributed by atoms with Gasteiger partial charge in [-0.25, -0.2) is 9.78 Å². The summed E-state index contributed by atoms with van der Waals surface area (Å²) in [5.74, 6) is -0.205. The normalized spacial score (nSPS) is 11.0. The molecule has 5 nitrogen and oxygen atoms in total. The lowest BCUT2D eigenvalue weighted by molar-refractivity contribution is 0.0696. The van der Waals surface area contributed by atoms with Crippen LogP contribution in [0.4, 0.5) is 0 Å². The number of rotatable bonds is 6. The Hall–Kier alpha value is -2.80. The molecule has 0 atom stereocenters. The maximum atomic E-state index is 11.8. The van der Waals surface area contributed by atoms with Gasteiger partial charge in [-0.2, -0.15) is 0 Å². The molecule has 31 heavy (non-hydrogen) atoms. The molecule has 0 unspecified atom stereocenters. The Kier molecular flexibility index (Phi) is 6.05. The molecule has 0 radical (unpaired) electrons. The predicted molar refractivity (Wildman–Crippen MR) is 125 cm³/mol. The average molecular weight is 473 g/mol. The molecule has 158 valence electrons. The van der Waals surface area contributed by atoms with Crippen LogP contribution < -0.4 is 4.74 Å². The summed E-state index contributed by atoms with van der Waals surface area (Å²) in [4.78, 5) is 16.6. The maximum absolute atomic E-state index is 11.8. The van der Waals surface area contributed by atoms with E-state index in [1.54, 1.807) is 26.2 Å². The Morgan fingerprint density at radius 3 is 2.42 bits per heavy atom. The molecule has 0 saturated heterocycles. The van der Waals surface area contributed by atoms with Gasteiger partial charge in [0.1, 0.15) is 10.8 Å². The van der Waals surface area contributed by atoms with E-state index < -0.39 is 5.97 Å². The standard InChI is InChI=1S/C23H18Cl2N2O3S/c1-13-19(23(28)29)10-21(27(13)11-14-7-16(24)9-17(25)8-14)20-12-31-22(26-20)15-3-5-18(30-2)6-4-15/h3-10,12H,11H2,1-2H3,(H,28,29). The molecule has 8 heteroatoms. The summed E-state index contributed by atoms with van der Waals surface area (Å²) in [6.07, 6.45) is 0. The third-order valence-electron chi connectivity index (χ3n) is 4.96. The zero-order chi connectivity index (χ0) is 22.1. The minimum atomic E-state index is -0.979. The molecule has 4 rings (SSSR count). The van der Waals surface area contributed by atoms with Gasteiger partial charge in [0.25, 0.3) is 0 Å². The van der Waals surface area contributed by atoms with Gasteiger partial charge in [0.2, 0.25) is 0 Å². The molecule has 0 fully saturated rings. The lowest BCUT2D eigenvalue weighted by Crippen LogP contribution is -2.06. The van der Waals surface area contributed by atoms with Crippen LogP contribution in [0.3, 0.4) is 0 Å². The fourth-order valence-electron chi connectivity index (χ4n) is 3.42. The van der Waals surface area contributed by atoms with Gasteiger partial charge in [0.05, 0.1) is 24.1 Å². The Labute approximate surface area is 193 Å². The van der Waals surface area contributed by atoms with Crippen molar-refractivity contribution in [2.24, 2.45) is 0 Å². The molecule has 2 aromatic heterocycles. The van der Waals surface area contributed by atoms with Crippen molar-refractivity contribution in [3.05, 3.63) is 80.8 Å². The molecule has 2 heterocycles. The van der Waals surface area contributed by atoms with E-state index in [0.29, 0.717) is 28.0 Å². The zero-order valence-corrected chi connectivity index (χ0v) is 19.1. The number of aromatic carboxylic acids is 1. The third-order valence-corrected chi connectivity index (χ3v) is 6.29. The van der Waals surface area contributed by atoms with E-state index in [-0.39, 0.29) is 5.56 Å². The van der Waals surface area contributed by atoms with Crippen molar-refractivity contribution < 1.29 is 14.6 Å². The molecule has 0 saturated carbocycles. The Bertz CT molecular complexity index is 1240. The second kappa shape index (κ2) is 8.75. The van der Waals surface area contributed by atoms with Crippen LogP contribution in [0.5, 0.6) is 5.75 Å². The first-order valence-corrected chi connectivity index (χ1v) is 11.0. The van der Waals surface area contributed by atoms with Gasteiger partial charge in [0, 0.05) is 33.2 Å². The van der Waals surface area contributed by atoms with Crippen LogP contribution in [-0.4, -0.2) is 27.7 Å². The number of aromatic nitrogens is 2. The topological polar surface area (TPSA) is 64.3 Å². The molecule has 0 spiro atoms. The smallest absolute Gasteiger partial charge is 0.337 e. The van der Waals surface area contributed by atoms with E-state index in [2.05, 4.69) is 0 Å². The van der Waals surface area contributed by atoms with E-state index in [1.165, 1.54) is 11.3 Å². The number of benzene rings is 2. The number of hydrogen-bond donors (Lipinski definition) is 1. The first-order valence-electron chi connectivity index (χ1n) is 9.34. The van der Waals surface area contributed by atoms with Crippen LogP contribution in [0.1, 0.15) is 21.6 Å². The van der Waals surface area contributed by atoms with Gasteiger partial charge in [-0.05, 0) is 61.0 Å². The summed E-state index contributed by atoms with van der Waals surface area (Å²) in [6, 6.07) is 14.6. The van der Waals surface area contributed by atoms with Crippen molar-refractivity contribution in [2.75, 3.05) is 7.11 Å². The number of thiazole rings is 1. The van der Waals surface area contributed by atoms with Crippen LogP contribution in [-0.2, 0) is 6.54 Å². The monoisotopic (exact) mass is 472 g/mol. The second-order valence-electron chi connectivity index (χ2n) is 6.96. The van der Waals surface area contributed by atoms with Crippen LogP contribution >= 0.6 is 34.5 Å². The fourth-order valence-corrected chi connectivity index (χ4v) is 4.81. The van der Waals surface area contributed by atoms with Gasteiger partial charge in [-0.3, -0.25) is 0 Å². The second-order valence-corrected chi connectivity index (χ2v) is 8.70. The molecule has 2 aromatic carbocycles. The van der Waals surface area contributed by atoms with Gasteiger partial charge < -0.3 is 14.4 Å². The van der Waals surface area contributed by atoms with Crippen LogP contribution in [0.15, 0.2) is 53.9 Å². The quantitative estimate of drug-likeness (QED) is 0.341. The highest BCUT2D eigenvalue weighted by molar-refractivity contribution is 7.13. The number of methoxy groups -OCH3 is 1. The van der Waals surface area contributed by atoms with Crippen molar-refractivity contribution in [1.29, 1.82) is 0 Å². The highest BCUT2D eigenvalue weighted by Gasteiger charge is 2.20. The Morgan fingerprint density at radius 1 is 1.13 bits per heavy atom. The van der Waals surface area contributed by atoms with Gasteiger partial charge in [-0.15, -0.1) is 11.3 Å². The largest absolute Gasteiger partial charge is 0.497 e. The summed E-state index contributed by atoms with van der Waals surface area (Å²) in [6.45, 7) is 2.21. The van der Waals surface area contributed by atoms with Crippen LogP contribution in [0, 0.1) is 6.92 Å². The summed E-state index contributed by atoms with van der Waals surface area (Å²) in [5.41, 5.74) is 4.15. The lowest BCUT2D eigenvalue weighted by atomic mass is 10.2. The number of nitrogens with zero attached hydrogens (tertiary/aromatic N) is 2. The van der Waals surface area contributed by atoms with Crippen LogP contribution in [0.25, 0.3) is 22.0 Å². The van der Waals surface area contributed by atoms with Crippen molar-refractivity contribution >= 4 is 40.5 Å².